The summed E-state index contributed by atoms with van der Waals surface area (Å²) in [6, 6.07) is 6.42. The van der Waals surface area contributed by atoms with Gasteiger partial charge < -0.3 is 15.2 Å². The van der Waals surface area contributed by atoms with Gasteiger partial charge in [0.2, 0.25) is 0 Å². The molecule has 1 heterocycles. The standard InChI is InChI=1S/C16H25NO2/c1-12(2)13-4-5-15(19-3)14(8-13)9-16(11-18)6-7-17-10-16/h4-5,8,12,17-18H,6-7,9-11H2,1-3H3. The highest BCUT2D eigenvalue weighted by molar-refractivity contribution is 5.39. The summed E-state index contributed by atoms with van der Waals surface area (Å²) in [5.41, 5.74) is 2.52. The summed E-state index contributed by atoms with van der Waals surface area (Å²) in [6.45, 7) is 6.51. The number of ether oxygens (including phenoxy) is 1. The normalized spacial score (nSPS) is 23.0. The molecule has 3 nitrogen and oxygen atoms in total. The van der Waals surface area contributed by atoms with Gasteiger partial charge in [0.25, 0.3) is 0 Å². The molecule has 0 aliphatic carbocycles. The Balaban J connectivity index is 2.28. The Morgan fingerprint density at radius 2 is 2.21 bits per heavy atom. The van der Waals surface area contributed by atoms with Crippen molar-refractivity contribution in [3.05, 3.63) is 29.3 Å². The molecular formula is C16H25NO2. The Kier molecular flexibility index (Phi) is 4.48. The van der Waals surface area contributed by atoms with Gasteiger partial charge in [-0.1, -0.05) is 26.0 Å². The van der Waals surface area contributed by atoms with Crippen LogP contribution in [0.4, 0.5) is 0 Å². The summed E-state index contributed by atoms with van der Waals surface area (Å²) < 4.78 is 5.48. The summed E-state index contributed by atoms with van der Waals surface area (Å²) >= 11 is 0. The van der Waals surface area contributed by atoms with E-state index in [4.69, 9.17) is 4.74 Å². The molecular weight excluding hydrogens is 238 g/mol. The summed E-state index contributed by atoms with van der Waals surface area (Å²) in [5, 5.41) is 13.1. The molecule has 1 aliphatic rings. The highest BCUT2D eigenvalue weighted by Gasteiger charge is 2.34. The lowest BCUT2D eigenvalue weighted by atomic mass is 9.80. The number of hydrogen-bond acceptors (Lipinski definition) is 3. The topological polar surface area (TPSA) is 41.5 Å². The number of nitrogens with one attached hydrogen (secondary N) is 1. The molecule has 1 aromatic rings. The van der Waals surface area contributed by atoms with Crippen molar-refractivity contribution in [3.63, 3.8) is 0 Å². The van der Waals surface area contributed by atoms with Crippen molar-refractivity contribution >= 4 is 0 Å². The van der Waals surface area contributed by atoms with Gasteiger partial charge in [0, 0.05) is 12.0 Å². The Labute approximate surface area is 116 Å². The van der Waals surface area contributed by atoms with Crippen LogP contribution < -0.4 is 10.1 Å². The fraction of sp³-hybridized carbons (Fsp3) is 0.625. The van der Waals surface area contributed by atoms with Crippen molar-refractivity contribution in [1.29, 1.82) is 0 Å². The Morgan fingerprint density at radius 1 is 1.42 bits per heavy atom. The number of methoxy groups -OCH3 is 1. The monoisotopic (exact) mass is 263 g/mol. The maximum absolute atomic E-state index is 9.74. The van der Waals surface area contributed by atoms with Crippen molar-refractivity contribution in [2.45, 2.75) is 32.6 Å². The lowest BCUT2D eigenvalue weighted by molar-refractivity contribution is 0.142. The van der Waals surface area contributed by atoms with E-state index in [9.17, 15) is 5.11 Å². The van der Waals surface area contributed by atoms with E-state index in [1.165, 1.54) is 11.1 Å². The molecule has 1 unspecified atom stereocenters. The van der Waals surface area contributed by atoms with Crippen molar-refractivity contribution in [2.24, 2.45) is 5.41 Å². The predicted octanol–water partition coefficient (Wildman–Crippen LogP) is 2.33. The molecule has 1 aliphatic heterocycles. The minimum Gasteiger partial charge on any atom is -0.496 e. The third kappa shape index (κ3) is 3.10. The summed E-state index contributed by atoms with van der Waals surface area (Å²) in [5.74, 6) is 1.44. The van der Waals surface area contributed by atoms with Crippen LogP contribution in [-0.4, -0.2) is 31.9 Å². The minimum absolute atomic E-state index is 0.0249. The van der Waals surface area contributed by atoms with Gasteiger partial charge in [0.1, 0.15) is 5.75 Å². The molecule has 0 saturated carbocycles. The lowest BCUT2D eigenvalue weighted by Crippen LogP contribution is -2.30. The molecule has 0 aromatic heterocycles. The number of aliphatic hydroxyl groups is 1. The quantitative estimate of drug-likeness (QED) is 0.856. The maximum atomic E-state index is 9.74. The van der Waals surface area contributed by atoms with Gasteiger partial charge in [-0.3, -0.25) is 0 Å². The molecule has 3 heteroatoms. The van der Waals surface area contributed by atoms with Crippen LogP contribution in [0.3, 0.4) is 0 Å². The first-order valence-corrected chi connectivity index (χ1v) is 7.08. The highest BCUT2D eigenvalue weighted by atomic mass is 16.5. The lowest BCUT2D eigenvalue weighted by Gasteiger charge is -2.27. The summed E-state index contributed by atoms with van der Waals surface area (Å²) in [6.07, 6.45) is 1.90. The van der Waals surface area contributed by atoms with E-state index in [1.807, 2.05) is 0 Å². The molecule has 1 fully saturated rings. The molecule has 0 bridgehead atoms. The SMILES string of the molecule is COc1ccc(C(C)C)cc1CC1(CO)CCNC1. The molecule has 0 radical (unpaired) electrons. The second-order valence-electron chi connectivity index (χ2n) is 5.99. The van der Waals surface area contributed by atoms with E-state index in [1.54, 1.807) is 7.11 Å². The zero-order valence-corrected chi connectivity index (χ0v) is 12.2. The van der Waals surface area contributed by atoms with E-state index in [2.05, 4.69) is 37.4 Å². The van der Waals surface area contributed by atoms with Crippen LogP contribution in [-0.2, 0) is 6.42 Å². The Hall–Kier alpha value is -1.06. The second kappa shape index (κ2) is 5.93. The molecule has 1 saturated heterocycles. The second-order valence-corrected chi connectivity index (χ2v) is 5.99. The van der Waals surface area contributed by atoms with Crippen LogP contribution in [0.15, 0.2) is 18.2 Å². The maximum Gasteiger partial charge on any atom is 0.122 e. The first-order valence-electron chi connectivity index (χ1n) is 7.08. The van der Waals surface area contributed by atoms with Gasteiger partial charge in [0.15, 0.2) is 0 Å². The third-order valence-corrected chi connectivity index (χ3v) is 4.20. The van der Waals surface area contributed by atoms with E-state index in [0.29, 0.717) is 5.92 Å². The van der Waals surface area contributed by atoms with Crippen LogP contribution >= 0.6 is 0 Å². The molecule has 1 atom stereocenters. The predicted molar refractivity (Wildman–Crippen MR) is 77.8 cm³/mol. The van der Waals surface area contributed by atoms with Crippen molar-refractivity contribution in [3.8, 4) is 5.75 Å². The fourth-order valence-electron chi connectivity index (χ4n) is 2.84. The average molecular weight is 263 g/mol. The smallest absolute Gasteiger partial charge is 0.122 e. The van der Waals surface area contributed by atoms with E-state index in [0.717, 1.165) is 31.7 Å². The molecule has 1 aromatic carbocycles. The average Bonchev–Trinajstić information content (AvgIpc) is 2.87. The minimum atomic E-state index is -0.0249. The molecule has 0 amide bonds. The molecule has 2 rings (SSSR count). The summed E-state index contributed by atoms with van der Waals surface area (Å²) in [7, 11) is 1.71. The zero-order valence-electron chi connectivity index (χ0n) is 12.2. The largest absolute Gasteiger partial charge is 0.496 e. The number of hydrogen-bond donors (Lipinski definition) is 2. The van der Waals surface area contributed by atoms with Gasteiger partial charge in [-0.2, -0.15) is 0 Å². The van der Waals surface area contributed by atoms with Crippen molar-refractivity contribution in [1.82, 2.24) is 5.32 Å². The molecule has 2 N–H and O–H groups in total. The highest BCUT2D eigenvalue weighted by Crippen LogP contribution is 2.34. The molecule has 106 valence electrons. The van der Waals surface area contributed by atoms with Crippen LogP contribution in [0, 0.1) is 5.41 Å². The van der Waals surface area contributed by atoms with Gasteiger partial charge in [-0.05, 0) is 42.5 Å². The van der Waals surface area contributed by atoms with Gasteiger partial charge in [-0.15, -0.1) is 0 Å². The van der Waals surface area contributed by atoms with Crippen LogP contribution in [0.2, 0.25) is 0 Å². The number of aliphatic hydroxyl groups excluding tert-OH is 1. The third-order valence-electron chi connectivity index (χ3n) is 4.20. The van der Waals surface area contributed by atoms with Gasteiger partial charge in [0.05, 0.1) is 13.7 Å². The van der Waals surface area contributed by atoms with E-state index >= 15 is 0 Å². The first-order chi connectivity index (χ1) is 9.10. The molecule has 19 heavy (non-hydrogen) atoms. The van der Waals surface area contributed by atoms with E-state index < -0.39 is 0 Å². The number of benzene rings is 1. The van der Waals surface area contributed by atoms with Crippen LogP contribution in [0.25, 0.3) is 0 Å². The fourth-order valence-corrected chi connectivity index (χ4v) is 2.84. The van der Waals surface area contributed by atoms with Gasteiger partial charge in [-0.25, -0.2) is 0 Å². The van der Waals surface area contributed by atoms with Crippen LogP contribution in [0.1, 0.15) is 37.3 Å². The zero-order chi connectivity index (χ0) is 13.9. The van der Waals surface area contributed by atoms with Crippen molar-refractivity contribution in [2.75, 3.05) is 26.8 Å². The van der Waals surface area contributed by atoms with Crippen LogP contribution in [0.5, 0.6) is 5.75 Å². The first kappa shape index (κ1) is 14.4. The Bertz CT molecular complexity index is 423. The number of rotatable bonds is 5. The van der Waals surface area contributed by atoms with E-state index in [-0.39, 0.29) is 12.0 Å². The summed E-state index contributed by atoms with van der Waals surface area (Å²) in [4.78, 5) is 0. The molecule has 0 spiro atoms. The Morgan fingerprint density at radius 3 is 2.74 bits per heavy atom. The van der Waals surface area contributed by atoms with Crippen molar-refractivity contribution < 1.29 is 9.84 Å². The van der Waals surface area contributed by atoms with Gasteiger partial charge >= 0.3 is 0 Å².